The lowest BCUT2D eigenvalue weighted by molar-refractivity contribution is 0.106. The predicted molar refractivity (Wildman–Crippen MR) is 103 cm³/mol. The Bertz CT molecular complexity index is 800. The number of rotatable bonds is 7. The summed E-state index contributed by atoms with van der Waals surface area (Å²) in [5.41, 5.74) is 3.23. The van der Waals surface area contributed by atoms with Gasteiger partial charge in [0, 0.05) is 24.3 Å². The van der Waals surface area contributed by atoms with E-state index in [2.05, 4.69) is 29.8 Å². The second-order valence-electron chi connectivity index (χ2n) is 5.61. The number of Topliss-reactive ketones (excluding diaryl/α,β-unsaturated/α-hetero) is 1. The van der Waals surface area contributed by atoms with Gasteiger partial charge in [0.25, 0.3) is 0 Å². The smallest absolute Gasteiger partial charge is 0.222 e. The number of ketones is 1. The van der Waals surface area contributed by atoms with E-state index < -0.39 is 0 Å². The molecule has 0 heterocycles. The molecule has 0 aliphatic rings. The van der Waals surface area contributed by atoms with Gasteiger partial charge in [-0.2, -0.15) is 5.26 Å². The van der Waals surface area contributed by atoms with Crippen molar-refractivity contribution in [2.45, 2.75) is 27.2 Å². The van der Waals surface area contributed by atoms with Crippen LogP contribution < -0.4 is 4.90 Å². The van der Waals surface area contributed by atoms with E-state index in [1.165, 1.54) is 0 Å². The van der Waals surface area contributed by atoms with E-state index >= 15 is 0 Å². The van der Waals surface area contributed by atoms with Gasteiger partial charge in [0.1, 0.15) is 6.07 Å². The second-order valence-corrected chi connectivity index (χ2v) is 5.61. The van der Waals surface area contributed by atoms with E-state index in [1.807, 2.05) is 31.2 Å². The van der Waals surface area contributed by atoms with Crippen LogP contribution in [0.15, 0.2) is 53.5 Å². The Morgan fingerprint density at radius 2 is 1.76 bits per heavy atom. The van der Waals surface area contributed by atoms with E-state index in [-0.39, 0.29) is 11.5 Å². The summed E-state index contributed by atoms with van der Waals surface area (Å²) >= 11 is 0. The zero-order valence-electron chi connectivity index (χ0n) is 15.0. The van der Waals surface area contributed by atoms with Gasteiger partial charge >= 0.3 is 0 Å². The number of carbonyl (C=O) groups is 1. The molecule has 0 aliphatic carbocycles. The highest BCUT2D eigenvalue weighted by Gasteiger charge is 2.15. The topological polar surface area (TPSA) is 56.5 Å². The van der Waals surface area contributed by atoms with Crippen molar-refractivity contribution in [3.05, 3.63) is 59.7 Å². The van der Waals surface area contributed by atoms with Gasteiger partial charge in [-0.25, -0.2) is 4.99 Å². The third-order valence-electron chi connectivity index (χ3n) is 4.16. The molecule has 4 heteroatoms. The molecule has 0 saturated carbocycles. The van der Waals surface area contributed by atoms with Gasteiger partial charge in [-0.05, 0) is 44.0 Å². The first-order valence-electron chi connectivity index (χ1n) is 8.60. The fraction of sp³-hybridized carbons (Fsp3) is 0.286. The van der Waals surface area contributed by atoms with Crippen LogP contribution in [0.2, 0.25) is 0 Å². The zero-order chi connectivity index (χ0) is 18.2. The third kappa shape index (κ3) is 4.33. The molecule has 0 saturated heterocycles. The van der Waals surface area contributed by atoms with Crippen LogP contribution in [0.4, 0.5) is 11.4 Å². The summed E-state index contributed by atoms with van der Waals surface area (Å²) in [6.45, 7) is 8.14. The average molecular weight is 333 g/mol. The summed E-state index contributed by atoms with van der Waals surface area (Å²) in [7, 11) is 0. The van der Waals surface area contributed by atoms with Crippen molar-refractivity contribution < 1.29 is 4.79 Å². The number of anilines is 1. The molecule has 2 rings (SSSR count). The zero-order valence-corrected chi connectivity index (χ0v) is 15.0. The SMILES string of the molecule is CCc1cc(N(CC)CC)ccc1N=C(C#N)C(=O)c1ccccc1. The molecular formula is C21H23N3O. The molecule has 0 fully saturated rings. The highest BCUT2D eigenvalue weighted by Crippen LogP contribution is 2.26. The number of hydrogen-bond donors (Lipinski definition) is 0. The fourth-order valence-electron chi connectivity index (χ4n) is 2.72. The molecule has 0 unspecified atom stereocenters. The molecule has 2 aromatic carbocycles. The molecule has 0 aromatic heterocycles. The minimum absolute atomic E-state index is 0.0866. The van der Waals surface area contributed by atoms with Crippen molar-refractivity contribution in [3.8, 4) is 6.07 Å². The number of benzene rings is 2. The molecule has 4 nitrogen and oxygen atoms in total. The van der Waals surface area contributed by atoms with Gasteiger partial charge in [-0.15, -0.1) is 0 Å². The molecule has 0 spiro atoms. The van der Waals surface area contributed by atoms with E-state index in [1.54, 1.807) is 24.3 Å². The molecule has 0 aliphatic heterocycles. The second kappa shape index (κ2) is 8.79. The molecule has 0 radical (unpaired) electrons. The van der Waals surface area contributed by atoms with Gasteiger partial charge in [-0.3, -0.25) is 4.79 Å². The lowest BCUT2D eigenvalue weighted by Gasteiger charge is -2.22. The third-order valence-corrected chi connectivity index (χ3v) is 4.16. The van der Waals surface area contributed by atoms with Crippen molar-refractivity contribution in [1.82, 2.24) is 0 Å². The van der Waals surface area contributed by atoms with Crippen LogP contribution in [-0.2, 0) is 6.42 Å². The summed E-state index contributed by atoms with van der Waals surface area (Å²) in [5, 5.41) is 9.39. The molecular weight excluding hydrogens is 310 g/mol. The molecule has 25 heavy (non-hydrogen) atoms. The van der Waals surface area contributed by atoms with Crippen LogP contribution in [0, 0.1) is 11.3 Å². The number of nitriles is 1. The fourth-order valence-corrected chi connectivity index (χ4v) is 2.72. The predicted octanol–water partition coefficient (Wildman–Crippen LogP) is 4.57. The first-order valence-corrected chi connectivity index (χ1v) is 8.60. The monoisotopic (exact) mass is 333 g/mol. The van der Waals surface area contributed by atoms with Crippen molar-refractivity contribution in [2.24, 2.45) is 4.99 Å². The summed E-state index contributed by atoms with van der Waals surface area (Å²) < 4.78 is 0. The van der Waals surface area contributed by atoms with E-state index in [4.69, 9.17) is 0 Å². The first-order chi connectivity index (χ1) is 12.1. The summed E-state index contributed by atoms with van der Waals surface area (Å²) in [6.07, 6.45) is 0.784. The van der Waals surface area contributed by atoms with Gasteiger partial charge in [-0.1, -0.05) is 37.3 Å². The van der Waals surface area contributed by atoms with Crippen LogP contribution in [-0.4, -0.2) is 24.6 Å². The van der Waals surface area contributed by atoms with Crippen molar-refractivity contribution in [3.63, 3.8) is 0 Å². The van der Waals surface area contributed by atoms with Crippen LogP contribution >= 0.6 is 0 Å². The van der Waals surface area contributed by atoms with E-state index in [0.717, 1.165) is 30.8 Å². The van der Waals surface area contributed by atoms with Crippen molar-refractivity contribution >= 4 is 22.9 Å². The summed E-state index contributed by atoms with van der Waals surface area (Å²) in [5.74, 6) is -0.349. The standard InChI is InChI=1S/C21H23N3O/c1-4-16-14-18(24(5-2)6-3)12-13-19(16)23-20(15-22)21(25)17-10-8-7-9-11-17/h7-14H,4-6H2,1-3H3. The van der Waals surface area contributed by atoms with Crippen molar-refractivity contribution in [1.29, 1.82) is 5.26 Å². The van der Waals surface area contributed by atoms with E-state index in [9.17, 15) is 10.1 Å². The van der Waals surface area contributed by atoms with Crippen LogP contribution in [0.1, 0.15) is 36.7 Å². The Morgan fingerprint density at radius 3 is 2.32 bits per heavy atom. The minimum Gasteiger partial charge on any atom is -0.372 e. The highest BCUT2D eigenvalue weighted by molar-refractivity contribution is 6.51. The summed E-state index contributed by atoms with van der Waals surface area (Å²) in [4.78, 5) is 19.1. The van der Waals surface area contributed by atoms with Crippen LogP contribution in [0.25, 0.3) is 0 Å². The Morgan fingerprint density at radius 1 is 1.08 bits per heavy atom. The molecule has 0 N–H and O–H groups in total. The number of aliphatic imine (C=N–C) groups is 1. The maximum atomic E-state index is 12.5. The highest BCUT2D eigenvalue weighted by atomic mass is 16.1. The Balaban J connectivity index is 2.41. The lowest BCUT2D eigenvalue weighted by Crippen LogP contribution is -2.21. The van der Waals surface area contributed by atoms with Gasteiger partial charge in [0.05, 0.1) is 5.69 Å². The first kappa shape index (κ1) is 18.4. The Hall–Kier alpha value is -2.93. The number of carbonyl (C=O) groups excluding carboxylic acids is 1. The van der Waals surface area contributed by atoms with Gasteiger partial charge < -0.3 is 4.90 Å². The number of hydrogen-bond acceptors (Lipinski definition) is 4. The maximum absolute atomic E-state index is 12.5. The average Bonchev–Trinajstić information content (AvgIpc) is 2.67. The van der Waals surface area contributed by atoms with Crippen LogP contribution in [0.3, 0.4) is 0 Å². The molecule has 0 atom stereocenters. The minimum atomic E-state index is -0.349. The molecule has 128 valence electrons. The van der Waals surface area contributed by atoms with Gasteiger partial charge in [0.2, 0.25) is 5.78 Å². The lowest BCUT2D eigenvalue weighted by atomic mass is 10.1. The van der Waals surface area contributed by atoms with Crippen molar-refractivity contribution in [2.75, 3.05) is 18.0 Å². The Labute approximate surface area is 149 Å². The summed E-state index contributed by atoms with van der Waals surface area (Å²) in [6, 6.07) is 16.7. The molecule has 0 amide bonds. The number of nitrogens with zero attached hydrogens (tertiary/aromatic N) is 3. The molecule has 2 aromatic rings. The number of aryl methyl sites for hydroxylation is 1. The Kier molecular flexibility index (Phi) is 6.47. The normalized spacial score (nSPS) is 11.0. The van der Waals surface area contributed by atoms with E-state index in [0.29, 0.717) is 11.3 Å². The maximum Gasteiger partial charge on any atom is 0.222 e. The van der Waals surface area contributed by atoms with Crippen LogP contribution in [0.5, 0.6) is 0 Å². The molecule has 0 bridgehead atoms. The van der Waals surface area contributed by atoms with Gasteiger partial charge in [0.15, 0.2) is 5.71 Å². The quantitative estimate of drug-likeness (QED) is 0.551. The largest absolute Gasteiger partial charge is 0.372 e.